The van der Waals surface area contributed by atoms with Crippen molar-refractivity contribution in [1.29, 1.82) is 0 Å². The lowest BCUT2D eigenvalue weighted by atomic mass is 9.94. The zero-order valence-corrected chi connectivity index (χ0v) is 16.7. The number of hydrogen-bond acceptors (Lipinski definition) is 7. The zero-order chi connectivity index (χ0) is 19.4. The molecule has 148 valence electrons. The summed E-state index contributed by atoms with van der Waals surface area (Å²) < 4.78 is 6.08. The molecule has 29 heavy (non-hydrogen) atoms. The topological polar surface area (TPSA) is 71.5 Å². The largest absolute Gasteiger partial charge is 0.488 e. The summed E-state index contributed by atoms with van der Waals surface area (Å²) in [5.74, 6) is 2.17. The van der Waals surface area contributed by atoms with Gasteiger partial charge in [0.15, 0.2) is 5.82 Å². The van der Waals surface area contributed by atoms with Gasteiger partial charge in [-0.1, -0.05) is 18.2 Å². The van der Waals surface area contributed by atoms with E-state index in [0.29, 0.717) is 6.54 Å². The summed E-state index contributed by atoms with van der Waals surface area (Å²) in [4.78, 5) is 31.8. The molecule has 8 heteroatoms. The average molecular weight is 407 g/mol. The molecule has 3 aliphatic rings. The van der Waals surface area contributed by atoms with Crippen LogP contribution in [0, 0.1) is 5.92 Å². The Balaban J connectivity index is 1.18. The van der Waals surface area contributed by atoms with E-state index >= 15 is 0 Å². The molecular formula is C21H21N5O2S. The zero-order valence-electron chi connectivity index (χ0n) is 15.9. The highest BCUT2D eigenvalue weighted by atomic mass is 32.1. The Morgan fingerprint density at radius 3 is 2.90 bits per heavy atom. The van der Waals surface area contributed by atoms with E-state index in [2.05, 4.69) is 30.8 Å². The highest BCUT2D eigenvalue weighted by Crippen LogP contribution is 2.44. The van der Waals surface area contributed by atoms with Crippen molar-refractivity contribution in [2.75, 3.05) is 24.5 Å². The number of benzene rings is 1. The molecule has 1 aromatic carbocycles. The molecule has 0 unspecified atom stereocenters. The van der Waals surface area contributed by atoms with Crippen LogP contribution in [0.5, 0.6) is 5.75 Å². The molecular weight excluding hydrogens is 386 g/mol. The third-order valence-corrected chi connectivity index (χ3v) is 7.11. The van der Waals surface area contributed by atoms with Gasteiger partial charge in [-0.15, -0.1) is 11.3 Å². The molecule has 1 amide bonds. The summed E-state index contributed by atoms with van der Waals surface area (Å²) in [6, 6.07) is 8.30. The molecule has 0 aliphatic carbocycles. The molecule has 7 nitrogen and oxygen atoms in total. The molecule has 3 aromatic rings. The predicted molar refractivity (Wildman–Crippen MR) is 110 cm³/mol. The molecule has 2 saturated heterocycles. The number of anilines is 1. The van der Waals surface area contributed by atoms with Gasteiger partial charge in [-0.25, -0.2) is 15.0 Å². The van der Waals surface area contributed by atoms with Gasteiger partial charge in [0.25, 0.3) is 0 Å². The molecule has 0 saturated carbocycles. The Bertz CT molecular complexity index is 1080. The van der Waals surface area contributed by atoms with Gasteiger partial charge in [0.05, 0.1) is 18.1 Å². The number of likely N-dealkylation sites (tertiary alicyclic amines) is 1. The van der Waals surface area contributed by atoms with E-state index in [1.165, 1.54) is 11.3 Å². The Morgan fingerprint density at radius 2 is 2.00 bits per heavy atom. The van der Waals surface area contributed by atoms with Crippen LogP contribution in [0.2, 0.25) is 0 Å². The molecule has 2 fully saturated rings. The van der Waals surface area contributed by atoms with Crippen molar-refractivity contribution in [3.8, 4) is 5.75 Å². The molecule has 2 atom stereocenters. The van der Waals surface area contributed by atoms with E-state index in [9.17, 15) is 4.79 Å². The van der Waals surface area contributed by atoms with Gasteiger partial charge in [-0.2, -0.15) is 0 Å². The Kier molecular flexibility index (Phi) is 3.94. The highest BCUT2D eigenvalue weighted by Gasteiger charge is 2.44. The van der Waals surface area contributed by atoms with Crippen molar-refractivity contribution in [2.24, 2.45) is 5.92 Å². The molecule has 0 spiro atoms. The third-order valence-electron chi connectivity index (χ3n) is 6.38. The quantitative estimate of drug-likeness (QED) is 0.650. The van der Waals surface area contributed by atoms with Gasteiger partial charge in [-0.3, -0.25) is 4.79 Å². The fraction of sp³-hybridized carbons (Fsp3) is 0.429. The maximum absolute atomic E-state index is 13.4. The molecule has 6 rings (SSSR count). The van der Waals surface area contributed by atoms with Crippen LogP contribution in [0.3, 0.4) is 0 Å². The lowest BCUT2D eigenvalue weighted by Gasteiger charge is -2.35. The molecule has 3 aliphatic heterocycles. The first kappa shape index (κ1) is 17.1. The number of nitrogens with zero attached hydrogens (tertiary/aromatic N) is 5. The van der Waals surface area contributed by atoms with Gasteiger partial charge in [-0.05, 0) is 18.9 Å². The lowest BCUT2D eigenvalue weighted by Crippen LogP contribution is -2.42. The number of para-hydroxylation sites is 1. The van der Waals surface area contributed by atoms with Gasteiger partial charge in [0.2, 0.25) is 5.91 Å². The minimum Gasteiger partial charge on any atom is -0.488 e. The summed E-state index contributed by atoms with van der Waals surface area (Å²) in [5, 5.41) is 0. The standard InChI is InChI=1S/C21H21N5O2S/c27-21(26-10-14-9-16(26)15-3-1-2-4-17(15)28-14)13-5-7-25(8-6-13)19-18-20(23-11-22-19)29-12-24-18/h1-4,11-14,16H,5-10H2/t14-,16-/m0/s1. The van der Waals surface area contributed by atoms with Crippen LogP contribution in [0.1, 0.15) is 30.9 Å². The molecule has 2 bridgehead atoms. The van der Waals surface area contributed by atoms with Gasteiger partial charge in [0.1, 0.15) is 28.5 Å². The number of aromatic nitrogens is 3. The summed E-state index contributed by atoms with van der Waals surface area (Å²) in [7, 11) is 0. The monoisotopic (exact) mass is 407 g/mol. The normalized spacial score (nSPS) is 23.9. The smallest absolute Gasteiger partial charge is 0.226 e. The number of hydrogen-bond donors (Lipinski definition) is 0. The van der Waals surface area contributed by atoms with Crippen LogP contribution in [-0.4, -0.2) is 51.5 Å². The van der Waals surface area contributed by atoms with Crippen LogP contribution < -0.4 is 9.64 Å². The van der Waals surface area contributed by atoms with Gasteiger partial charge < -0.3 is 14.5 Å². The van der Waals surface area contributed by atoms with E-state index in [0.717, 1.165) is 59.8 Å². The second-order valence-electron chi connectivity index (χ2n) is 7.98. The SMILES string of the molecule is O=C(C1CCN(c2ncnc3scnc23)CC1)N1C[C@@H]2C[C@H]1c1ccccc1O2. The summed E-state index contributed by atoms with van der Waals surface area (Å²) in [6.45, 7) is 2.33. The van der Waals surface area contributed by atoms with Crippen LogP contribution in [0.25, 0.3) is 10.3 Å². The number of ether oxygens (including phenoxy) is 1. The fourth-order valence-electron chi connectivity index (χ4n) is 4.95. The number of rotatable bonds is 2. The summed E-state index contributed by atoms with van der Waals surface area (Å²) >= 11 is 1.53. The second kappa shape index (κ2) is 6.66. The number of amides is 1. The fourth-order valence-corrected chi connectivity index (χ4v) is 5.57. The van der Waals surface area contributed by atoms with Gasteiger partial charge in [0, 0.05) is 31.0 Å². The van der Waals surface area contributed by atoms with Crippen molar-refractivity contribution in [3.63, 3.8) is 0 Å². The minimum absolute atomic E-state index is 0.0607. The Labute approximate surface area is 172 Å². The number of piperidine rings is 1. The average Bonchev–Trinajstić information content (AvgIpc) is 3.38. The van der Waals surface area contributed by atoms with Crippen LogP contribution >= 0.6 is 11.3 Å². The van der Waals surface area contributed by atoms with E-state index in [-0.39, 0.29) is 24.0 Å². The van der Waals surface area contributed by atoms with E-state index in [4.69, 9.17) is 4.74 Å². The maximum Gasteiger partial charge on any atom is 0.226 e. The molecule has 0 radical (unpaired) electrons. The first-order chi connectivity index (χ1) is 14.3. The minimum atomic E-state index is 0.0607. The predicted octanol–water partition coefficient (Wildman–Crippen LogP) is 3.04. The summed E-state index contributed by atoms with van der Waals surface area (Å²) in [5.41, 5.74) is 3.83. The van der Waals surface area contributed by atoms with E-state index in [1.807, 2.05) is 23.7 Å². The van der Waals surface area contributed by atoms with Crippen molar-refractivity contribution < 1.29 is 9.53 Å². The van der Waals surface area contributed by atoms with Gasteiger partial charge >= 0.3 is 0 Å². The number of thiazole rings is 1. The van der Waals surface area contributed by atoms with Crippen LogP contribution in [0.4, 0.5) is 5.82 Å². The van der Waals surface area contributed by atoms with Crippen LogP contribution in [-0.2, 0) is 4.79 Å². The maximum atomic E-state index is 13.4. The number of carbonyl (C=O) groups excluding carboxylic acids is 1. The van der Waals surface area contributed by atoms with E-state index in [1.54, 1.807) is 6.33 Å². The summed E-state index contributed by atoms with van der Waals surface area (Å²) in [6.07, 6.45) is 4.31. The Morgan fingerprint density at radius 1 is 1.14 bits per heavy atom. The molecule has 5 heterocycles. The first-order valence-electron chi connectivity index (χ1n) is 10.1. The third kappa shape index (κ3) is 2.77. The van der Waals surface area contributed by atoms with Crippen LogP contribution in [0.15, 0.2) is 36.1 Å². The second-order valence-corrected chi connectivity index (χ2v) is 8.82. The van der Waals surface area contributed by atoms with Crippen molar-refractivity contribution in [1.82, 2.24) is 19.9 Å². The number of carbonyl (C=O) groups is 1. The van der Waals surface area contributed by atoms with E-state index < -0.39 is 0 Å². The lowest BCUT2D eigenvalue weighted by molar-refractivity contribution is -0.137. The van der Waals surface area contributed by atoms with Crippen molar-refractivity contribution >= 4 is 33.4 Å². The van der Waals surface area contributed by atoms with Crippen molar-refractivity contribution in [3.05, 3.63) is 41.7 Å². The van der Waals surface area contributed by atoms with Crippen molar-refractivity contribution in [2.45, 2.75) is 31.4 Å². The Hall–Kier alpha value is -2.74. The molecule has 0 N–H and O–H groups in total. The number of fused-ring (bicyclic) bond motifs is 5. The highest BCUT2D eigenvalue weighted by molar-refractivity contribution is 7.16. The molecule has 2 aromatic heterocycles. The first-order valence-corrected chi connectivity index (χ1v) is 11.0.